The predicted molar refractivity (Wildman–Crippen MR) is 51.4 cm³/mol. The molecule has 0 saturated carbocycles. The topological polar surface area (TPSA) is 38.9 Å². The number of anilines is 1. The van der Waals surface area contributed by atoms with Gasteiger partial charge in [0.05, 0.1) is 0 Å². The van der Waals surface area contributed by atoms with E-state index in [9.17, 15) is 0 Å². The van der Waals surface area contributed by atoms with Crippen LogP contribution in [0.2, 0.25) is 0 Å². The van der Waals surface area contributed by atoms with Crippen LogP contribution in [0.5, 0.6) is 0 Å². The second kappa shape index (κ2) is 3.93. The summed E-state index contributed by atoms with van der Waals surface area (Å²) in [4.78, 5) is 3.91. The third kappa shape index (κ3) is 2.27. The van der Waals surface area contributed by atoms with Gasteiger partial charge in [0.25, 0.3) is 0 Å². The maximum Gasteiger partial charge on any atom is 0.126 e. The van der Waals surface area contributed by atoms with Crippen molar-refractivity contribution in [3.05, 3.63) is 22.3 Å². The van der Waals surface area contributed by atoms with E-state index in [1.165, 1.54) is 0 Å². The number of halogens is 2. The van der Waals surface area contributed by atoms with Gasteiger partial charge in [-0.2, -0.15) is 0 Å². The third-order valence-corrected chi connectivity index (χ3v) is 1.52. The molecule has 0 aliphatic carbocycles. The Morgan fingerprint density at radius 3 is 2.60 bits per heavy atom. The summed E-state index contributed by atoms with van der Waals surface area (Å²) in [7, 11) is 0. The molecule has 1 aromatic heterocycles. The van der Waals surface area contributed by atoms with Gasteiger partial charge in [-0.25, -0.2) is 4.98 Å². The normalized spacial score (nSPS) is 8.60. The number of nitrogens with two attached hydrogens (primary N) is 1. The fraction of sp³-hybridized carbons (Fsp3) is 0.167. The third-order valence-electron chi connectivity index (χ3n) is 1.09. The highest BCUT2D eigenvalue weighted by atomic mass is 79.9. The van der Waals surface area contributed by atoms with Crippen LogP contribution < -0.4 is 5.73 Å². The molecule has 4 heteroatoms. The van der Waals surface area contributed by atoms with E-state index in [4.69, 9.17) is 5.73 Å². The van der Waals surface area contributed by atoms with Crippen molar-refractivity contribution in [2.75, 3.05) is 5.73 Å². The lowest BCUT2D eigenvalue weighted by molar-refractivity contribution is 1.26. The maximum absolute atomic E-state index is 5.46. The largest absolute Gasteiger partial charge is 0.383 e. The number of rotatable bonds is 0. The standard InChI is InChI=1S/C6H7BrN2.BrH/c1-4-2-5(7)3-9-6(4)8;/h2-3H,1H3,(H2,8,9);1H. The van der Waals surface area contributed by atoms with E-state index in [2.05, 4.69) is 20.9 Å². The van der Waals surface area contributed by atoms with Gasteiger partial charge in [-0.1, -0.05) is 0 Å². The molecular weight excluding hydrogens is 260 g/mol. The number of pyridine rings is 1. The predicted octanol–water partition coefficient (Wildman–Crippen LogP) is 2.31. The molecule has 0 saturated heterocycles. The second-order valence-electron chi connectivity index (χ2n) is 1.86. The summed E-state index contributed by atoms with van der Waals surface area (Å²) < 4.78 is 0.967. The summed E-state index contributed by atoms with van der Waals surface area (Å²) in [6.45, 7) is 1.92. The highest BCUT2D eigenvalue weighted by Gasteiger charge is 1.92. The minimum absolute atomic E-state index is 0. The first kappa shape index (κ1) is 9.91. The minimum Gasteiger partial charge on any atom is -0.383 e. The Kier molecular flexibility index (Phi) is 3.89. The van der Waals surface area contributed by atoms with Gasteiger partial charge in [-0.05, 0) is 34.5 Å². The molecule has 0 aliphatic rings. The van der Waals surface area contributed by atoms with Gasteiger partial charge in [-0.3, -0.25) is 0 Å². The second-order valence-corrected chi connectivity index (χ2v) is 2.77. The smallest absolute Gasteiger partial charge is 0.126 e. The van der Waals surface area contributed by atoms with Gasteiger partial charge in [-0.15, -0.1) is 17.0 Å². The van der Waals surface area contributed by atoms with Crippen molar-refractivity contribution in [2.45, 2.75) is 6.92 Å². The first-order valence-corrected chi connectivity index (χ1v) is 3.37. The molecule has 1 aromatic rings. The van der Waals surface area contributed by atoms with Gasteiger partial charge >= 0.3 is 0 Å². The Hall–Kier alpha value is -0.0900. The van der Waals surface area contributed by atoms with Gasteiger partial charge in [0.15, 0.2) is 0 Å². The minimum atomic E-state index is 0. The van der Waals surface area contributed by atoms with Crippen molar-refractivity contribution < 1.29 is 0 Å². The summed E-state index contributed by atoms with van der Waals surface area (Å²) in [5.74, 6) is 0.596. The van der Waals surface area contributed by atoms with E-state index < -0.39 is 0 Å². The van der Waals surface area contributed by atoms with Crippen LogP contribution >= 0.6 is 32.9 Å². The first-order valence-electron chi connectivity index (χ1n) is 2.58. The van der Waals surface area contributed by atoms with Crippen molar-refractivity contribution in [2.24, 2.45) is 0 Å². The zero-order valence-corrected chi connectivity index (χ0v) is 8.76. The first-order chi connectivity index (χ1) is 4.20. The average molecular weight is 268 g/mol. The molecule has 1 heterocycles. The van der Waals surface area contributed by atoms with Crippen LogP contribution in [0.3, 0.4) is 0 Å². The molecule has 1 rings (SSSR count). The lowest BCUT2D eigenvalue weighted by Crippen LogP contribution is -1.91. The van der Waals surface area contributed by atoms with Crippen LogP contribution in [0.15, 0.2) is 16.7 Å². The number of nitrogens with zero attached hydrogens (tertiary/aromatic N) is 1. The molecule has 0 fully saturated rings. The van der Waals surface area contributed by atoms with Crippen molar-refractivity contribution in [3.63, 3.8) is 0 Å². The fourth-order valence-corrected chi connectivity index (χ4v) is 0.997. The molecule has 0 aliphatic heterocycles. The van der Waals surface area contributed by atoms with Crippen LogP contribution in [0, 0.1) is 6.92 Å². The zero-order chi connectivity index (χ0) is 6.85. The molecule has 56 valence electrons. The van der Waals surface area contributed by atoms with E-state index in [0.717, 1.165) is 10.0 Å². The van der Waals surface area contributed by atoms with Crippen molar-refractivity contribution in [1.29, 1.82) is 0 Å². The Balaban J connectivity index is 0.000000810. The molecule has 0 radical (unpaired) electrons. The molecule has 0 amide bonds. The van der Waals surface area contributed by atoms with Crippen LogP contribution in [0.4, 0.5) is 5.82 Å². The lowest BCUT2D eigenvalue weighted by atomic mass is 10.3. The van der Waals surface area contributed by atoms with E-state index >= 15 is 0 Å². The van der Waals surface area contributed by atoms with Crippen LogP contribution in [0.1, 0.15) is 5.56 Å². The quantitative estimate of drug-likeness (QED) is 0.784. The monoisotopic (exact) mass is 266 g/mol. The number of nitrogen functional groups attached to an aromatic ring is 1. The Morgan fingerprint density at radius 2 is 2.20 bits per heavy atom. The lowest BCUT2D eigenvalue weighted by Gasteiger charge is -1.96. The highest BCUT2D eigenvalue weighted by Crippen LogP contribution is 2.13. The van der Waals surface area contributed by atoms with Crippen molar-refractivity contribution in [1.82, 2.24) is 4.98 Å². The number of aromatic nitrogens is 1. The van der Waals surface area contributed by atoms with E-state index in [-0.39, 0.29) is 17.0 Å². The Bertz CT molecular complexity index is 225. The molecule has 2 N–H and O–H groups in total. The van der Waals surface area contributed by atoms with Crippen LogP contribution in [0.25, 0.3) is 0 Å². The number of aryl methyl sites for hydroxylation is 1. The Labute approximate surface area is 78.7 Å². The van der Waals surface area contributed by atoms with Gasteiger partial charge in [0.2, 0.25) is 0 Å². The SMILES string of the molecule is Br.Cc1cc(Br)cnc1N. The fourth-order valence-electron chi connectivity index (χ4n) is 0.551. The highest BCUT2D eigenvalue weighted by molar-refractivity contribution is 9.10. The van der Waals surface area contributed by atoms with Crippen molar-refractivity contribution >= 4 is 38.7 Å². The van der Waals surface area contributed by atoms with Crippen molar-refractivity contribution in [3.8, 4) is 0 Å². The summed E-state index contributed by atoms with van der Waals surface area (Å²) >= 11 is 3.28. The molecule has 10 heavy (non-hydrogen) atoms. The zero-order valence-electron chi connectivity index (χ0n) is 5.47. The molecule has 0 spiro atoms. The summed E-state index contributed by atoms with van der Waals surface area (Å²) in [5.41, 5.74) is 6.46. The van der Waals surface area contributed by atoms with Gasteiger partial charge < -0.3 is 5.73 Å². The van der Waals surface area contributed by atoms with Gasteiger partial charge in [0, 0.05) is 10.7 Å². The van der Waals surface area contributed by atoms with Crippen LogP contribution in [-0.4, -0.2) is 4.98 Å². The van der Waals surface area contributed by atoms with E-state index in [0.29, 0.717) is 5.82 Å². The van der Waals surface area contributed by atoms with E-state index in [1.54, 1.807) is 6.20 Å². The average Bonchev–Trinajstić information content (AvgIpc) is 1.80. The summed E-state index contributed by atoms with van der Waals surface area (Å²) in [6, 6.07) is 1.93. The molecule has 2 nitrogen and oxygen atoms in total. The van der Waals surface area contributed by atoms with E-state index in [1.807, 2.05) is 13.0 Å². The molecular formula is C6H8Br2N2. The van der Waals surface area contributed by atoms with Gasteiger partial charge in [0.1, 0.15) is 5.82 Å². The molecule has 0 bridgehead atoms. The summed E-state index contributed by atoms with van der Waals surface area (Å²) in [5, 5.41) is 0. The number of hydrogen-bond acceptors (Lipinski definition) is 2. The number of hydrogen-bond donors (Lipinski definition) is 1. The van der Waals surface area contributed by atoms with Crippen LogP contribution in [-0.2, 0) is 0 Å². The summed E-state index contributed by atoms with van der Waals surface area (Å²) in [6.07, 6.45) is 1.68. The molecule has 0 aromatic carbocycles. The molecule has 0 unspecified atom stereocenters. The Morgan fingerprint density at radius 1 is 1.60 bits per heavy atom. The maximum atomic E-state index is 5.46. The molecule has 0 atom stereocenters.